The maximum atomic E-state index is 11.9. The third-order valence-corrected chi connectivity index (χ3v) is 3.98. The van der Waals surface area contributed by atoms with Gasteiger partial charge in [-0.25, -0.2) is 0 Å². The van der Waals surface area contributed by atoms with Gasteiger partial charge in [0.15, 0.2) is 5.92 Å². The van der Waals surface area contributed by atoms with Gasteiger partial charge in [-0.15, -0.1) is 0 Å². The van der Waals surface area contributed by atoms with Crippen LogP contribution in [-0.4, -0.2) is 22.6 Å². The highest BCUT2D eigenvalue weighted by Gasteiger charge is 2.37. The zero-order valence-corrected chi connectivity index (χ0v) is 12.2. The summed E-state index contributed by atoms with van der Waals surface area (Å²) >= 11 is 0. The molecule has 1 aliphatic rings. The van der Waals surface area contributed by atoms with E-state index >= 15 is 0 Å². The Morgan fingerprint density at radius 1 is 1.53 bits per heavy atom. The zero-order chi connectivity index (χ0) is 14.6. The van der Waals surface area contributed by atoms with Gasteiger partial charge in [-0.2, -0.15) is 0 Å². The molecule has 2 unspecified atom stereocenters. The fraction of sp³-hybridized carbons (Fsp3) is 0.733. The third kappa shape index (κ3) is 4.08. The molecule has 0 saturated heterocycles. The van der Waals surface area contributed by atoms with E-state index < -0.39 is 23.5 Å². The topological polar surface area (TPSA) is 63.6 Å². The van der Waals surface area contributed by atoms with Crippen molar-refractivity contribution >= 4 is 11.9 Å². The molecule has 4 heteroatoms. The summed E-state index contributed by atoms with van der Waals surface area (Å²) < 4.78 is 5.48. The van der Waals surface area contributed by atoms with Crippen LogP contribution in [0.5, 0.6) is 0 Å². The molecule has 108 valence electrons. The fourth-order valence-electron chi connectivity index (χ4n) is 2.45. The number of rotatable bonds is 5. The molecule has 0 bridgehead atoms. The number of carboxylic acids is 1. The van der Waals surface area contributed by atoms with Crippen LogP contribution >= 0.6 is 0 Å². The highest BCUT2D eigenvalue weighted by Crippen LogP contribution is 2.34. The highest BCUT2D eigenvalue weighted by molar-refractivity contribution is 5.93. The van der Waals surface area contributed by atoms with Crippen molar-refractivity contribution in [3.63, 3.8) is 0 Å². The normalized spacial score (nSPS) is 21.5. The van der Waals surface area contributed by atoms with Crippen LogP contribution in [0.25, 0.3) is 0 Å². The smallest absolute Gasteiger partial charge is 0.320 e. The van der Waals surface area contributed by atoms with Gasteiger partial charge in [-0.3, -0.25) is 9.59 Å². The summed E-state index contributed by atoms with van der Waals surface area (Å²) in [7, 11) is 0. The molecule has 0 saturated carbocycles. The lowest BCUT2D eigenvalue weighted by molar-refractivity contribution is -0.172. The molecule has 4 nitrogen and oxygen atoms in total. The Balaban J connectivity index is 2.68. The van der Waals surface area contributed by atoms with Crippen LogP contribution < -0.4 is 0 Å². The van der Waals surface area contributed by atoms with E-state index in [9.17, 15) is 9.59 Å². The molecule has 1 rings (SSSR count). The number of carbonyl (C=O) groups excluding carboxylic acids is 1. The zero-order valence-electron chi connectivity index (χ0n) is 12.2. The van der Waals surface area contributed by atoms with Gasteiger partial charge in [0, 0.05) is 5.92 Å². The van der Waals surface area contributed by atoms with Crippen LogP contribution in [0.15, 0.2) is 11.6 Å². The minimum Gasteiger partial charge on any atom is -0.481 e. The van der Waals surface area contributed by atoms with Crippen LogP contribution in [-0.2, 0) is 14.3 Å². The van der Waals surface area contributed by atoms with Gasteiger partial charge in [0.05, 0.1) is 0 Å². The minimum atomic E-state index is -1.11. The molecule has 0 aromatic carbocycles. The maximum absolute atomic E-state index is 11.9. The van der Waals surface area contributed by atoms with Crippen molar-refractivity contribution in [2.45, 2.75) is 59.0 Å². The molecule has 19 heavy (non-hydrogen) atoms. The van der Waals surface area contributed by atoms with Crippen molar-refractivity contribution in [1.29, 1.82) is 0 Å². The second kappa shape index (κ2) is 6.22. The van der Waals surface area contributed by atoms with Gasteiger partial charge in [0.1, 0.15) is 5.60 Å². The van der Waals surface area contributed by atoms with Crippen molar-refractivity contribution < 1.29 is 19.4 Å². The molecule has 2 atom stereocenters. The molecule has 1 N–H and O–H groups in total. The number of ether oxygens (including phenoxy) is 1. The molecule has 0 heterocycles. The first-order chi connectivity index (χ1) is 8.77. The summed E-state index contributed by atoms with van der Waals surface area (Å²) in [4.78, 5) is 22.9. The number of aliphatic carboxylic acids is 1. The SMILES string of the molecule is CCC(C(=O)O)C(=O)OC(C)(C)C1CC=C(C)CC1. The first-order valence-corrected chi connectivity index (χ1v) is 6.89. The molecule has 0 aromatic heterocycles. The van der Waals surface area contributed by atoms with Crippen molar-refractivity contribution in [3.8, 4) is 0 Å². The second-order valence-corrected chi connectivity index (χ2v) is 5.85. The van der Waals surface area contributed by atoms with E-state index in [1.807, 2.05) is 13.8 Å². The Kier molecular flexibility index (Phi) is 5.15. The van der Waals surface area contributed by atoms with Gasteiger partial charge >= 0.3 is 11.9 Å². The van der Waals surface area contributed by atoms with E-state index in [2.05, 4.69) is 13.0 Å². The molecule has 0 fully saturated rings. The summed E-state index contributed by atoms with van der Waals surface area (Å²) in [5.41, 5.74) is 0.757. The number of carbonyl (C=O) groups is 2. The summed E-state index contributed by atoms with van der Waals surface area (Å²) in [6, 6.07) is 0. The Labute approximate surface area is 114 Å². The maximum Gasteiger partial charge on any atom is 0.320 e. The lowest BCUT2D eigenvalue weighted by atomic mass is 9.79. The molecular formula is C15H24O4. The number of hydrogen-bond donors (Lipinski definition) is 1. The third-order valence-electron chi connectivity index (χ3n) is 3.98. The van der Waals surface area contributed by atoms with Gasteiger partial charge < -0.3 is 9.84 Å². The molecule has 1 aliphatic carbocycles. The number of hydrogen-bond acceptors (Lipinski definition) is 3. The van der Waals surface area contributed by atoms with Crippen LogP contribution in [0.1, 0.15) is 53.4 Å². The standard InChI is InChI=1S/C15H24O4/c1-5-12(13(16)17)14(18)19-15(3,4)11-8-6-10(2)7-9-11/h6,11-12H,5,7-9H2,1-4H3,(H,16,17). The summed E-state index contributed by atoms with van der Waals surface area (Å²) in [6.07, 6.45) is 5.32. The van der Waals surface area contributed by atoms with E-state index in [1.165, 1.54) is 5.57 Å². The van der Waals surface area contributed by atoms with Gasteiger partial charge in [0.2, 0.25) is 0 Å². The summed E-state index contributed by atoms with van der Waals surface area (Å²) in [5, 5.41) is 8.98. The number of esters is 1. The quantitative estimate of drug-likeness (QED) is 0.472. The van der Waals surface area contributed by atoms with Crippen LogP contribution in [0.2, 0.25) is 0 Å². The first kappa shape index (κ1) is 15.7. The average molecular weight is 268 g/mol. The van der Waals surface area contributed by atoms with Crippen molar-refractivity contribution in [2.24, 2.45) is 11.8 Å². The van der Waals surface area contributed by atoms with Crippen LogP contribution in [0.3, 0.4) is 0 Å². The van der Waals surface area contributed by atoms with Crippen molar-refractivity contribution in [2.75, 3.05) is 0 Å². The molecule has 0 aliphatic heterocycles. The van der Waals surface area contributed by atoms with Crippen molar-refractivity contribution in [3.05, 3.63) is 11.6 Å². The van der Waals surface area contributed by atoms with Gasteiger partial charge in [0.25, 0.3) is 0 Å². The van der Waals surface area contributed by atoms with E-state index in [0.717, 1.165) is 19.3 Å². The lowest BCUT2D eigenvalue weighted by Crippen LogP contribution is -2.40. The van der Waals surface area contributed by atoms with Crippen LogP contribution in [0.4, 0.5) is 0 Å². The van der Waals surface area contributed by atoms with Crippen LogP contribution in [0, 0.1) is 11.8 Å². The summed E-state index contributed by atoms with van der Waals surface area (Å²) in [5.74, 6) is -2.53. The van der Waals surface area contributed by atoms with E-state index in [-0.39, 0.29) is 12.3 Å². The molecule has 0 aromatic rings. The van der Waals surface area contributed by atoms with E-state index in [0.29, 0.717) is 0 Å². The number of carboxylic acid groups (broad SMARTS) is 1. The fourth-order valence-corrected chi connectivity index (χ4v) is 2.45. The Bertz CT molecular complexity index is 382. The van der Waals surface area contributed by atoms with Crippen molar-refractivity contribution in [1.82, 2.24) is 0 Å². The molecule has 0 spiro atoms. The molecular weight excluding hydrogens is 244 g/mol. The highest BCUT2D eigenvalue weighted by atomic mass is 16.6. The van der Waals surface area contributed by atoms with Gasteiger partial charge in [-0.05, 0) is 46.5 Å². The summed E-state index contributed by atoms with van der Waals surface area (Å²) in [6.45, 7) is 7.53. The van der Waals surface area contributed by atoms with E-state index in [4.69, 9.17) is 9.84 Å². The predicted octanol–water partition coefficient (Wildman–Crippen LogP) is 3.17. The largest absolute Gasteiger partial charge is 0.481 e. The monoisotopic (exact) mass is 268 g/mol. The second-order valence-electron chi connectivity index (χ2n) is 5.85. The Hall–Kier alpha value is -1.32. The average Bonchev–Trinajstić information content (AvgIpc) is 2.29. The molecule has 0 radical (unpaired) electrons. The Morgan fingerprint density at radius 2 is 2.16 bits per heavy atom. The Morgan fingerprint density at radius 3 is 2.58 bits per heavy atom. The first-order valence-electron chi connectivity index (χ1n) is 6.89. The van der Waals surface area contributed by atoms with E-state index in [1.54, 1.807) is 6.92 Å². The minimum absolute atomic E-state index is 0.256. The lowest BCUT2D eigenvalue weighted by Gasteiger charge is -2.36. The molecule has 0 amide bonds. The van der Waals surface area contributed by atoms with Gasteiger partial charge in [-0.1, -0.05) is 18.6 Å². The number of allylic oxidation sites excluding steroid dienone is 2. The predicted molar refractivity (Wildman–Crippen MR) is 72.7 cm³/mol.